The molecule has 94 valence electrons. The van der Waals surface area contributed by atoms with Gasteiger partial charge in [-0.1, -0.05) is 19.8 Å². The van der Waals surface area contributed by atoms with Crippen LogP contribution in [0, 0.1) is 5.92 Å². The second kappa shape index (κ2) is 6.01. The normalized spacial score (nSPS) is 17.4. The first-order valence-corrected chi connectivity index (χ1v) is 6.73. The van der Waals surface area contributed by atoms with Crippen LogP contribution in [-0.4, -0.2) is 18.1 Å². The van der Waals surface area contributed by atoms with Crippen molar-refractivity contribution in [3.05, 3.63) is 23.9 Å². The van der Waals surface area contributed by atoms with Gasteiger partial charge in [0.1, 0.15) is 5.82 Å². The summed E-state index contributed by atoms with van der Waals surface area (Å²) in [6.07, 6.45) is 7.18. The van der Waals surface area contributed by atoms with E-state index in [9.17, 15) is 0 Å². The van der Waals surface area contributed by atoms with Crippen LogP contribution >= 0.6 is 0 Å². The lowest BCUT2D eigenvalue weighted by molar-refractivity contribution is 0.377. The average Bonchev–Trinajstić information content (AvgIpc) is 2.40. The molecule has 1 aliphatic heterocycles. The summed E-state index contributed by atoms with van der Waals surface area (Å²) in [4.78, 5) is 6.85. The number of hydrogen-bond donors (Lipinski definition) is 1. The molecule has 0 bridgehead atoms. The summed E-state index contributed by atoms with van der Waals surface area (Å²) in [5, 5.41) is 0. The zero-order chi connectivity index (χ0) is 12.1. The van der Waals surface area contributed by atoms with Crippen LogP contribution in [0.1, 0.15) is 38.2 Å². The molecule has 0 atom stereocenters. The van der Waals surface area contributed by atoms with E-state index in [0.717, 1.165) is 24.8 Å². The molecule has 1 aromatic rings. The summed E-state index contributed by atoms with van der Waals surface area (Å²) in [6, 6.07) is 4.12. The van der Waals surface area contributed by atoms with E-state index in [-0.39, 0.29) is 0 Å². The number of rotatable bonds is 4. The van der Waals surface area contributed by atoms with Crippen LogP contribution in [0.3, 0.4) is 0 Å². The van der Waals surface area contributed by atoms with Crippen molar-refractivity contribution in [3.63, 3.8) is 0 Å². The molecular weight excluding hydrogens is 210 g/mol. The molecule has 0 unspecified atom stereocenters. The second-order valence-corrected chi connectivity index (χ2v) is 4.95. The minimum atomic E-state index is 0.599. The monoisotopic (exact) mass is 233 g/mol. The molecule has 0 aromatic carbocycles. The van der Waals surface area contributed by atoms with E-state index in [2.05, 4.69) is 22.9 Å². The maximum Gasteiger partial charge on any atom is 0.128 e. The van der Waals surface area contributed by atoms with Crippen molar-refractivity contribution >= 4 is 5.82 Å². The zero-order valence-electron chi connectivity index (χ0n) is 10.7. The Kier molecular flexibility index (Phi) is 4.37. The lowest BCUT2D eigenvalue weighted by atomic mass is 9.92. The van der Waals surface area contributed by atoms with Gasteiger partial charge in [-0.05, 0) is 36.5 Å². The van der Waals surface area contributed by atoms with Crippen molar-refractivity contribution < 1.29 is 0 Å². The van der Waals surface area contributed by atoms with E-state index < -0.39 is 0 Å². The fraction of sp³-hybridized carbons (Fsp3) is 0.643. The number of nitrogens with zero attached hydrogens (tertiary/aromatic N) is 2. The minimum absolute atomic E-state index is 0.599. The third-order valence-corrected chi connectivity index (χ3v) is 3.68. The van der Waals surface area contributed by atoms with Gasteiger partial charge in [-0.25, -0.2) is 4.98 Å². The summed E-state index contributed by atoms with van der Waals surface area (Å²) in [7, 11) is 0. The number of aromatic nitrogens is 1. The van der Waals surface area contributed by atoms with Crippen molar-refractivity contribution in [1.82, 2.24) is 4.98 Å². The molecular formula is C14H23N3. The molecule has 1 fully saturated rings. The summed E-state index contributed by atoms with van der Waals surface area (Å²) < 4.78 is 0. The summed E-state index contributed by atoms with van der Waals surface area (Å²) in [5.41, 5.74) is 6.84. The second-order valence-electron chi connectivity index (χ2n) is 4.95. The van der Waals surface area contributed by atoms with Crippen LogP contribution in [0.15, 0.2) is 18.3 Å². The topological polar surface area (TPSA) is 42.1 Å². The van der Waals surface area contributed by atoms with Crippen LogP contribution in [0.4, 0.5) is 5.82 Å². The van der Waals surface area contributed by atoms with Crippen molar-refractivity contribution in [3.8, 4) is 0 Å². The fourth-order valence-electron chi connectivity index (χ4n) is 2.62. The van der Waals surface area contributed by atoms with Crippen LogP contribution < -0.4 is 10.6 Å². The van der Waals surface area contributed by atoms with E-state index in [1.54, 1.807) is 0 Å². The van der Waals surface area contributed by atoms with Crippen molar-refractivity contribution in [1.29, 1.82) is 0 Å². The van der Waals surface area contributed by atoms with Gasteiger partial charge in [-0.15, -0.1) is 0 Å². The number of hydrogen-bond acceptors (Lipinski definition) is 3. The summed E-state index contributed by atoms with van der Waals surface area (Å²) in [6.45, 7) is 5.16. The zero-order valence-corrected chi connectivity index (χ0v) is 10.7. The Hall–Kier alpha value is -1.09. The number of piperidine rings is 1. The smallest absolute Gasteiger partial charge is 0.128 e. The highest BCUT2D eigenvalue weighted by Gasteiger charge is 2.19. The van der Waals surface area contributed by atoms with E-state index >= 15 is 0 Å². The Morgan fingerprint density at radius 3 is 2.82 bits per heavy atom. The molecule has 2 rings (SSSR count). The molecule has 2 N–H and O–H groups in total. The van der Waals surface area contributed by atoms with E-state index in [4.69, 9.17) is 5.73 Å². The van der Waals surface area contributed by atoms with Crippen molar-refractivity contribution in [2.75, 3.05) is 18.0 Å². The number of anilines is 1. The van der Waals surface area contributed by atoms with Gasteiger partial charge in [0, 0.05) is 25.8 Å². The minimum Gasteiger partial charge on any atom is -0.357 e. The first kappa shape index (κ1) is 12.4. The molecule has 0 radical (unpaired) electrons. The van der Waals surface area contributed by atoms with Gasteiger partial charge < -0.3 is 10.6 Å². The van der Waals surface area contributed by atoms with Crippen molar-refractivity contribution in [2.24, 2.45) is 11.7 Å². The van der Waals surface area contributed by atoms with Crippen LogP contribution in [-0.2, 0) is 6.54 Å². The van der Waals surface area contributed by atoms with Gasteiger partial charge in [0.15, 0.2) is 0 Å². The van der Waals surface area contributed by atoms with Gasteiger partial charge in [-0.2, -0.15) is 0 Å². The summed E-state index contributed by atoms with van der Waals surface area (Å²) >= 11 is 0. The third kappa shape index (κ3) is 3.19. The predicted octanol–water partition coefficient (Wildman–Crippen LogP) is 2.56. The molecule has 0 spiro atoms. The number of nitrogens with two attached hydrogens (primary N) is 1. The SMILES string of the molecule is CCCC1CCN(c2cc(CN)ccn2)CC1. The fourth-order valence-corrected chi connectivity index (χ4v) is 2.62. The first-order valence-electron chi connectivity index (χ1n) is 6.73. The quantitative estimate of drug-likeness (QED) is 0.869. The van der Waals surface area contributed by atoms with Gasteiger partial charge in [-0.3, -0.25) is 0 Å². The first-order chi connectivity index (χ1) is 8.33. The molecule has 1 aliphatic rings. The van der Waals surface area contributed by atoms with Crippen LogP contribution in [0.25, 0.3) is 0 Å². The van der Waals surface area contributed by atoms with Gasteiger partial charge in [0.2, 0.25) is 0 Å². The molecule has 3 nitrogen and oxygen atoms in total. The van der Waals surface area contributed by atoms with Crippen LogP contribution in [0.5, 0.6) is 0 Å². The molecule has 1 aromatic heterocycles. The van der Waals surface area contributed by atoms with E-state index in [1.165, 1.54) is 31.2 Å². The largest absolute Gasteiger partial charge is 0.357 e. The highest BCUT2D eigenvalue weighted by atomic mass is 15.2. The highest BCUT2D eigenvalue weighted by molar-refractivity contribution is 5.41. The average molecular weight is 233 g/mol. The molecule has 0 amide bonds. The van der Waals surface area contributed by atoms with Gasteiger partial charge in [0.05, 0.1) is 0 Å². The maximum absolute atomic E-state index is 5.66. The van der Waals surface area contributed by atoms with E-state index in [1.807, 2.05) is 12.3 Å². The van der Waals surface area contributed by atoms with Gasteiger partial charge in [0.25, 0.3) is 0 Å². The van der Waals surface area contributed by atoms with Crippen LogP contribution in [0.2, 0.25) is 0 Å². The Bertz CT molecular complexity index is 343. The summed E-state index contributed by atoms with van der Waals surface area (Å²) in [5.74, 6) is 2.02. The Labute approximate surface area is 104 Å². The van der Waals surface area contributed by atoms with E-state index in [0.29, 0.717) is 6.54 Å². The number of pyridine rings is 1. The molecule has 1 saturated heterocycles. The lowest BCUT2D eigenvalue weighted by Gasteiger charge is -2.32. The lowest BCUT2D eigenvalue weighted by Crippen LogP contribution is -2.34. The molecule has 3 heteroatoms. The third-order valence-electron chi connectivity index (χ3n) is 3.68. The molecule has 17 heavy (non-hydrogen) atoms. The Morgan fingerprint density at radius 2 is 2.18 bits per heavy atom. The van der Waals surface area contributed by atoms with Crippen molar-refractivity contribution in [2.45, 2.75) is 39.2 Å². The molecule has 2 heterocycles. The Morgan fingerprint density at radius 1 is 1.41 bits per heavy atom. The Balaban J connectivity index is 1.95. The van der Waals surface area contributed by atoms with Gasteiger partial charge >= 0.3 is 0 Å². The standard InChI is InChI=1S/C14H23N3/c1-2-3-12-5-8-17(9-6-12)14-10-13(11-15)4-7-16-14/h4,7,10,12H,2-3,5-6,8-9,11,15H2,1H3. The molecule has 0 saturated carbocycles. The highest BCUT2D eigenvalue weighted by Crippen LogP contribution is 2.25. The maximum atomic E-state index is 5.66. The predicted molar refractivity (Wildman–Crippen MR) is 72.0 cm³/mol. The molecule has 0 aliphatic carbocycles.